The molecule has 0 aromatic heterocycles. The number of sulfonamides is 1. The highest BCUT2D eigenvalue weighted by Gasteiger charge is 2.17. The number of aliphatic hydroxyl groups excluding tert-OH is 1. The van der Waals surface area contributed by atoms with Crippen molar-refractivity contribution in [1.82, 2.24) is 10.6 Å². The first-order valence-electron chi connectivity index (χ1n) is 10.7. The van der Waals surface area contributed by atoms with E-state index >= 15 is 0 Å². The number of carbonyl (C=O) groups excluding carboxylic acids is 2. The Kier molecular flexibility index (Phi) is 10.0. The van der Waals surface area contributed by atoms with Crippen molar-refractivity contribution in [2.24, 2.45) is 5.14 Å². The number of primary sulfonamides is 1. The van der Waals surface area contributed by atoms with Crippen molar-refractivity contribution >= 4 is 33.5 Å². The quantitative estimate of drug-likeness (QED) is 0.195. The van der Waals surface area contributed by atoms with Crippen molar-refractivity contribution in [3.8, 4) is 11.5 Å². The van der Waals surface area contributed by atoms with Crippen LogP contribution in [0.15, 0.2) is 29.2 Å². The summed E-state index contributed by atoms with van der Waals surface area (Å²) in [5, 5.41) is 20.9. The summed E-state index contributed by atoms with van der Waals surface area (Å²) in [7, 11) is -4.05. The Bertz CT molecular complexity index is 1200. The third-order valence-corrected chi connectivity index (χ3v) is 6.52. The van der Waals surface area contributed by atoms with E-state index in [1.165, 1.54) is 19.1 Å². The van der Waals surface area contributed by atoms with E-state index in [0.29, 0.717) is 18.0 Å². The van der Waals surface area contributed by atoms with Gasteiger partial charge in [-0.05, 0) is 61.7 Å². The van der Waals surface area contributed by atoms with Crippen LogP contribution in [0.2, 0.25) is 5.02 Å². The third-order valence-electron chi connectivity index (χ3n) is 5.12. The fraction of sp³-hybridized carbons (Fsp3) is 0.391. The Balaban J connectivity index is 1.79. The maximum Gasteiger partial charge on any atom is 0.308 e. The molecule has 192 valence electrons. The van der Waals surface area contributed by atoms with Crippen molar-refractivity contribution < 1.29 is 32.6 Å². The van der Waals surface area contributed by atoms with E-state index in [9.17, 15) is 23.1 Å². The Labute approximate surface area is 209 Å². The molecule has 2 rings (SSSR count). The summed E-state index contributed by atoms with van der Waals surface area (Å²) in [5.41, 5.74) is 2.45. The number of aliphatic hydroxyl groups is 1. The maximum atomic E-state index is 12.2. The van der Waals surface area contributed by atoms with E-state index in [4.69, 9.17) is 26.2 Å². The van der Waals surface area contributed by atoms with Gasteiger partial charge in [-0.15, -0.1) is 0 Å². The number of nitrogens with two attached hydrogens (primary N) is 1. The van der Waals surface area contributed by atoms with Crippen molar-refractivity contribution in [2.45, 2.75) is 38.7 Å². The summed E-state index contributed by atoms with van der Waals surface area (Å²) < 4.78 is 34.1. The minimum absolute atomic E-state index is 0.0348. The third kappa shape index (κ3) is 8.18. The second kappa shape index (κ2) is 12.3. The number of aryl methyl sites for hydroxylation is 1. The number of nitrogens with one attached hydrogen (secondary N) is 2. The number of benzene rings is 2. The van der Waals surface area contributed by atoms with Gasteiger partial charge >= 0.3 is 5.97 Å². The average molecular weight is 528 g/mol. The molecule has 0 aliphatic heterocycles. The minimum Gasteiger partial charge on any atom is -0.491 e. The normalized spacial score (nSPS) is 12.2. The second-order valence-corrected chi connectivity index (χ2v) is 9.92. The molecular formula is C23H30ClN3O7S. The molecule has 0 radical (unpaired) electrons. The van der Waals surface area contributed by atoms with Crippen LogP contribution in [0.5, 0.6) is 11.5 Å². The molecular weight excluding hydrogens is 498 g/mol. The topological polar surface area (TPSA) is 157 Å². The molecule has 12 heteroatoms. The van der Waals surface area contributed by atoms with Gasteiger partial charge in [-0.2, -0.15) is 0 Å². The molecule has 0 aliphatic rings. The molecule has 0 saturated carbocycles. The van der Waals surface area contributed by atoms with Gasteiger partial charge in [-0.3, -0.25) is 9.59 Å². The fourth-order valence-corrected chi connectivity index (χ4v) is 4.29. The first kappa shape index (κ1) is 28.5. The van der Waals surface area contributed by atoms with Gasteiger partial charge in [0.1, 0.15) is 29.1 Å². The minimum atomic E-state index is -4.05. The highest BCUT2D eigenvalue weighted by atomic mass is 35.5. The summed E-state index contributed by atoms with van der Waals surface area (Å²) in [4.78, 5) is 23.2. The first-order valence-corrected chi connectivity index (χ1v) is 12.6. The first-order chi connectivity index (χ1) is 16.3. The van der Waals surface area contributed by atoms with E-state index in [-0.39, 0.29) is 35.2 Å². The van der Waals surface area contributed by atoms with Crippen molar-refractivity contribution in [3.05, 3.63) is 51.5 Å². The standard InChI is InChI=1S/C23H30ClN3O7S/c1-13-9-20(14(2)15(3)22(13)34-16(4)28)33-12-18(29)11-26-7-8-27-23(30)17-5-6-19(24)21(10-17)35(25,31)32/h5-6,9-10,18,26,29H,7-8,11-12H2,1-4H3,(H,27,30)(H2,25,31,32)/t18-/m0/s1. The van der Waals surface area contributed by atoms with Crippen molar-refractivity contribution in [3.63, 3.8) is 0 Å². The van der Waals surface area contributed by atoms with Crippen LogP contribution in [0.3, 0.4) is 0 Å². The van der Waals surface area contributed by atoms with Crippen molar-refractivity contribution in [1.29, 1.82) is 0 Å². The molecule has 0 bridgehead atoms. The number of carbonyl (C=O) groups is 2. The molecule has 0 aliphatic carbocycles. The number of halogens is 1. The summed E-state index contributed by atoms with van der Waals surface area (Å²) in [6, 6.07) is 5.56. The zero-order valence-corrected chi connectivity index (χ0v) is 21.5. The lowest BCUT2D eigenvalue weighted by molar-refractivity contribution is -0.132. The summed E-state index contributed by atoms with van der Waals surface area (Å²) >= 11 is 5.82. The maximum absolute atomic E-state index is 12.2. The lowest BCUT2D eigenvalue weighted by Crippen LogP contribution is -2.37. The Morgan fingerprint density at radius 3 is 2.46 bits per heavy atom. The van der Waals surface area contributed by atoms with Crippen LogP contribution in [0.1, 0.15) is 34.0 Å². The van der Waals surface area contributed by atoms with Gasteiger partial charge in [-0.25, -0.2) is 13.6 Å². The lowest BCUT2D eigenvalue weighted by atomic mass is 10.0. The number of rotatable bonds is 11. The fourth-order valence-electron chi connectivity index (χ4n) is 3.21. The molecule has 35 heavy (non-hydrogen) atoms. The highest BCUT2D eigenvalue weighted by molar-refractivity contribution is 7.89. The smallest absolute Gasteiger partial charge is 0.308 e. The van der Waals surface area contributed by atoms with E-state index in [2.05, 4.69) is 10.6 Å². The number of hydrogen-bond donors (Lipinski definition) is 4. The van der Waals surface area contributed by atoms with Gasteiger partial charge in [0.2, 0.25) is 10.0 Å². The van der Waals surface area contributed by atoms with Crippen LogP contribution in [-0.2, 0) is 14.8 Å². The second-order valence-electron chi connectivity index (χ2n) is 7.98. The predicted molar refractivity (Wildman–Crippen MR) is 131 cm³/mol. The molecule has 0 fully saturated rings. The van der Waals surface area contributed by atoms with E-state index in [0.717, 1.165) is 22.8 Å². The molecule has 0 saturated heterocycles. The Morgan fingerprint density at radius 1 is 1.14 bits per heavy atom. The van der Waals surface area contributed by atoms with Crippen LogP contribution < -0.4 is 25.2 Å². The van der Waals surface area contributed by atoms with Crippen LogP contribution in [0, 0.1) is 20.8 Å². The van der Waals surface area contributed by atoms with Gasteiger partial charge < -0.3 is 25.2 Å². The van der Waals surface area contributed by atoms with Crippen LogP contribution >= 0.6 is 11.6 Å². The van der Waals surface area contributed by atoms with Gasteiger partial charge in [-0.1, -0.05) is 11.6 Å². The Hall–Kier alpha value is -2.70. The van der Waals surface area contributed by atoms with Crippen LogP contribution in [0.4, 0.5) is 0 Å². The number of hydrogen-bond acceptors (Lipinski definition) is 8. The van der Waals surface area contributed by atoms with Gasteiger partial charge in [0.05, 0.1) is 5.02 Å². The molecule has 10 nitrogen and oxygen atoms in total. The zero-order valence-electron chi connectivity index (χ0n) is 20.0. The predicted octanol–water partition coefficient (Wildman–Crippen LogP) is 1.60. The molecule has 0 heterocycles. The Morgan fingerprint density at radius 2 is 1.83 bits per heavy atom. The largest absolute Gasteiger partial charge is 0.491 e. The molecule has 0 unspecified atom stereocenters. The highest BCUT2D eigenvalue weighted by Crippen LogP contribution is 2.33. The van der Waals surface area contributed by atoms with Crippen LogP contribution in [0.25, 0.3) is 0 Å². The molecule has 0 spiro atoms. The molecule has 2 aromatic rings. The average Bonchev–Trinajstić information content (AvgIpc) is 2.77. The molecule has 5 N–H and O–H groups in total. The molecule has 1 amide bonds. The van der Waals surface area contributed by atoms with Gasteiger partial charge in [0.25, 0.3) is 5.91 Å². The van der Waals surface area contributed by atoms with Crippen molar-refractivity contribution in [2.75, 3.05) is 26.2 Å². The monoisotopic (exact) mass is 527 g/mol. The van der Waals surface area contributed by atoms with Crippen LogP contribution in [-0.4, -0.2) is 57.7 Å². The molecule has 1 atom stereocenters. The summed E-state index contributed by atoms with van der Waals surface area (Å²) in [6.45, 7) is 7.67. The number of amides is 1. The number of esters is 1. The summed E-state index contributed by atoms with van der Waals surface area (Å²) in [5.74, 6) is 0.203. The zero-order chi connectivity index (χ0) is 26.3. The van der Waals surface area contributed by atoms with E-state index in [1.807, 2.05) is 20.8 Å². The van der Waals surface area contributed by atoms with E-state index in [1.54, 1.807) is 6.07 Å². The van der Waals surface area contributed by atoms with Gasteiger partial charge in [0, 0.05) is 32.1 Å². The lowest BCUT2D eigenvalue weighted by Gasteiger charge is -2.18. The van der Waals surface area contributed by atoms with Gasteiger partial charge in [0.15, 0.2) is 0 Å². The van der Waals surface area contributed by atoms with E-state index < -0.39 is 28.0 Å². The summed E-state index contributed by atoms with van der Waals surface area (Å²) in [6.07, 6.45) is -0.813. The molecule has 2 aromatic carbocycles. The number of ether oxygens (including phenoxy) is 2. The SMILES string of the molecule is CC(=O)Oc1c(C)cc(OC[C@@H](O)CNCCNC(=O)c2ccc(Cl)c(S(N)(=O)=O)c2)c(C)c1C.